The normalized spacial score (nSPS) is 13.3. The van der Waals surface area contributed by atoms with E-state index >= 15 is 0 Å². The Balaban J connectivity index is 3.79. The molecule has 0 aliphatic rings. The molecular formula is C57H108NO8P. The van der Waals surface area contributed by atoms with Crippen LogP contribution in [-0.2, 0) is 32.7 Å². The Morgan fingerprint density at radius 2 is 0.821 bits per heavy atom. The fourth-order valence-electron chi connectivity index (χ4n) is 8.36. The van der Waals surface area contributed by atoms with Gasteiger partial charge in [0, 0.05) is 19.4 Å². The smallest absolute Gasteiger partial charge is 0.462 e. The minimum absolute atomic E-state index is 0.0491. The van der Waals surface area contributed by atoms with Crippen LogP contribution in [0.1, 0.15) is 284 Å². The van der Waals surface area contributed by atoms with E-state index in [-0.39, 0.29) is 38.6 Å². The lowest BCUT2D eigenvalue weighted by Crippen LogP contribution is -2.29. The summed E-state index contributed by atoms with van der Waals surface area (Å²) in [5.41, 5.74) is 5.36. The van der Waals surface area contributed by atoms with E-state index in [1.54, 1.807) is 0 Å². The average molecular weight is 966 g/mol. The Hall–Kier alpha value is -1.77. The summed E-state index contributed by atoms with van der Waals surface area (Å²) >= 11 is 0. The molecule has 0 bridgehead atoms. The zero-order valence-electron chi connectivity index (χ0n) is 43.9. The van der Waals surface area contributed by atoms with Crippen molar-refractivity contribution < 1.29 is 37.6 Å². The van der Waals surface area contributed by atoms with Gasteiger partial charge in [-0.2, -0.15) is 0 Å². The summed E-state index contributed by atoms with van der Waals surface area (Å²) in [5, 5.41) is 0. The molecule has 0 spiro atoms. The summed E-state index contributed by atoms with van der Waals surface area (Å²) in [6, 6.07) is 0. The van der Waals surface area contributed by atoms with E-state index in [9.17, 15) is 19.0 Å². The van der Waals surface area contributed by atoms with Crippen LogP contribution in [0.4, 0.5) is 0 Å². The minimum atomic E-state index is -4.39. The molecule has 394 valence electrons. The number of hydrogen-bond acceptors (Lipinski definition) is 8. The second-order valence-corrected chi connectivity index (χ2v) is 20.6. The van der Waals surface area contributed by atoms with E-state index in [4.69, 9.17) is 24.3 Å². The number of hydrogen-bond donors (Lipinski definition) is 2. The van der Waals surface area contributed by atoms with E-state index in [0.29, 0.717) is 6.42 Å². The highest BCUT2D eigenvalue weighted by atomic mass is 31.2. The van der Waals surface area contributed by atoms with Gasteiger partial charge in [-0.25, -0.2) is 4.57 Å². The van der Waals surface area contributed by atoms with Crippen LogP contribution >= 0.6 is 7.82 Å². The molecule has 0 aliphatic heterocycles. The molecule has 2 atom stereocenters. The molecule has 0 saturated carbocycles. The molecule has 0 saturated heterocycles. The number of phosphoric acid groups is 1. The zero-order chi connectivity index (χ0) is 48.8. The molecule has 0 fully saturated rings. The Kier molecular flexibility index (Phi) is 52.2. The molecule has 9 nitrogen and oxygen atoms in total. The SMILES string of the molecule is CC/C=C\C/C=C\C/C=C\CCCCCC(=O)OC(COC(=O)CCCCCCCCCCCCCCCCCCCCCCCCCCCCCCCCCCC)COP(=O)(O)OCCN. The van der Waals surface area contributed by atoms with E-state index in [1.165, 1.54) is 193 Å². The van der Waals surface area contributed by atoms with Crippen molar-refractivity contribution in [3.63, 3.8) is 0 Å². The number of unbranched alkanes of at least 4 members (excludes halogenated alkanes) is 35. The first-order chi connectivity index (χ1) is 32.8. The van der Waals surface area contributed by atoms with Crippen LogP contribution in [0, 0.1) is 0 Å². The Labute approximate surface area is 414 Å². The van der Waals surface area contributed by atoms with Crippen LogP contribution in [0.3, 0.4) is 0 Å². The average Bonchev–Trinajstić information content (AvgIpc) is 3.32. The highest BCUT2D eigenvalue weighted by molar-refractivity contribution is 7.47. The first kappa shape index (κ1) is 65.2. The summed E-state index contributed by atoms with van der Waals surface area (Å²) in [5.74, 6) is -0.852. The van der Waals surface area contributed by atoms with Crippen LogP contribution in [0.25, 0.3) is 0 Å². The molecule has 67 heavy (non-hydrogen) atoms. The standard InChI is InChI=1S/C57H108NO8P/c1-3-5-7-9-11-13-15-17-18-19-20-21-22-23-24-25-26-27-28-29-30-31-32-33-34-35-36-38-39-41-43-45-47-49-56(59)63-53-55(54-65-67(61,62)64-52-51-58)66-57(60)50-48-46-44-42-40-37-16-14-12-10-8-6-4-2/h6,8,12,14,37,40,55H,3-5,7,9-11,13,15-36,38-39,41-54,58H2,1-2H3,(H,61,62)/b8-6-,14-12-,40-37-. The van der Waals surface area contributed by atoms with Crippen molar-refractivity contribution in [1.82, 2.24) is 0 Å². The lowest BCUT2D eigenvalue weighted by molar-refractivity contribution is -0.161. The third-order valence-electron chi connectivity index (χ3n) is 12.5. The van der Waals surface area contributed by atoms with Crippen molar-refractivity contribution >= 4 is 19.8 Å². The number of esters is 2. The second-order valence-electron chi connectivity index (χ2n) is 19.1. The van der Waals surface area contributed by atoms with Gasteiger partial charge in [0.1, 0.15) is 6.61 Å². The van der Waals surface area contributed by atoms with Crippen LogP contribution < -0.4 is 5.73 Å². The van der Waals surface area contributed by atoms with E-state index in [0.717, 1.165) is 57.8 Å². The highest BCUT2D eigenvalue weighted by Gasteiger charge is 2.26. The largest absolute Gasteiger partial charge is 0.472 e. The molecule has 3 N–H and O–H groups in total. The Bertz CT molecular complexity index is 1190. The van der Waals surface area contributed by atoms with Crippen molar-refractivity contribution in [3.05, 3.63) is 36.5 Å². The summed E-state index contributed by atoms with van der Waals surface area (Å²) < 4.78 is 32.9. The lowest BCUT2D eigenvalue weighted by atomic mass is 10.0. The van der Waals surface area contributed by atoms with Gasteiger partial charge < -0.3 is 20.1 Å². The maximum absolute atomic E-state index is 12.6. The molecule has 2 unspecified atom stereocenters. The molecule has 0 aliphatic carbocycles. The van der Waals surface area contributed by atoms with Crippen molar-refractivity contribution in [2.45, 2.75) is 290 Å². The Morgan fingerprint density at radius 1 is 0.463 bits per heavy atom. The summed E-state index contributed by atoms with van der Waals surface area (Å²) in [4.78, 5) is 35.0. The van der Waals surface area contributed by atoms with Crippen molar-refractivity contribution in [2.24, 2.45) is 5.73 Å². The maximum atomic E-state index is 12.6. The predicted molar refractivity (Wildman–Crippen MR) is 284 cm³/mol. The lowest BCUT2D eigenvalue weighted by Gasteiger charge is -2.19. The van der Waals surface area contributed by atoms with Crippen LogP contribution in [0.15, 0.2) is 36.5 Å². The summed E-state index contributed by atoms with van der Waals surface area (Å²) in [7, 11) is -4.39. The summed E-state index contributed by atoms with van der Waals surface area (Å²) in [6.45, 7) is 3.62. The zero-order valence-corrected chi connectivity index (χ0v) is 44.8. The molecule has 0 rings (SSSR count). The second kappa shape index (κ2) is 53.6. The first-order valence-electron chi connectivity index (χ1n) is 28.5. The molecule has 0 aromatic heterocycles. The number of nitrogens with two attached hydrogens (primary N) is 1. The molecule has 0 radical (unpaired) electrons. The van der Waals surface area contributed by atoms with E-state index in [2.05, 4.69) is 50.3 Å². The van der Waals surface area contributed by atoms with Gasteiger partial charge in [-0.3, -0.25) is 18.6 Å². The van der Waals surface area contributed by atoms with Gasteiger partial charge in [-0.05, 0) is 44.9 Å². The van der Waals surface area contributed by atoms with Gasteiger partial charge in [0.2, 0.25) is 0 Å². The van der Waals surface area contributed by atoms with Gasteiger partial charge >= 0.3 is 19.8 Å². The maximum Gasteiger partial charge on any atom is 0.472 e. The van der Waals surface area contributed by atoms with E-state index < -0.39 is 26.5 Å². The number of ether oxygens (including phenoxy) is 2. The van der Waals surface area contributed by atoms with Gasteiger partial charge in [-0.15, -0.1) is 0 Å². The van der Waals surface area contributed by atoms with Crippen LogP contribution in [0.5, 0.6) is 0 Å². The van der Waals surface area contributed by atoms with Crippen LogP contribution in [-0.4, -0.2) is 49.3 Å². The molecule has 0 heterocycles. The number of carbonyl (C=O) groups excluding carboxylic acids is 2. The van der Waals surface area contributed by atoms with E-state index in [1.807, 2.05) is 0 Å². The molecule has 10 heteroatoms. The van der Waals surface area contributed by atoms with Crippen molar-refractivity contribution in [3.8, 4) is 0 Å². The third kappa shape index (κ3) is 53.4. The number of phosphoric ester groups is 1. The monoisotopic (exact) mass is 966 g/mol. The van der Waals surface area contributed by atoms with Gasteiger partial charge in [-0.1, -0.05) is 262 Å². The number of carbonyl (C=O) groups is 2. The number of rotatable bonds is 54. The van der Waals surface area contributed by atoms with Crippen molar-refractivity contribution in [1.29, 1.82) is 0 Å². The third-order valence-corrected chi connectivity index (χ3v) is 13.5. The quantitative estimate of drug-likeness (QED) is 0.0264. The fourth-order valence-corrected chi connectivity index (χ4v) is 9.12. The van der Waals surface area contributed by atoms with Gasteiger partial charge in [0.15, 0.2) is 6.10 Å². The van der Waals surface area contributed by atoms with Gasteiger partial charge in [0.05, 0.1) is 13.2 Å². The molecule has 0 aromatic rings. The predicted octanol–water partition coefficient (Wildman–Crippen LogP) is 17.6. The first-order valence-corrected chi connectivity index (χ1v) is 30.0. The van der Waals surface area contributed by atoms with Crippen LogP contribution in [0.2, 0.25) is 0 Å². The Morgan fingerprint density at radius 3 is 1.22 bits per heavy atom. The summed E-state index contributed by atoms with van der Waals surface area (Å²) in [6.07, 6.45) is 63.8. The fraction of sp³-hybridized carbons (Fsp3) is 0.860. The topological polar surface area (TPSA) is 134 Å². The molecule has 0 aromatic carbocycles. The highest BCUT2D eigenvalue weighted by Crippen LogP contribution is 2.43. The van der Waals surface area contributed by atoms with Gasteiger partial charge in [0.25, 0.3) is 0 Å². The minimum Gasteiger partial charge on any atom is -0.462 e. The molecule has 0 amide bonds. The van der Waals surface area contributed by atoms with Crippen molar-refractivity contribution in [2.75, 3.05) is 26.4 Å². The molecular weight excluding hydrogens is 858 g/mol. The number of allylic oxidation sites excluding steroid dienone is 6.